The molecular weight excluding hydrogens is 240 g/mol. The zero-order valence-electron chi connectivity index (χ0n) is 9.93. The number of aromatic amines is 1. The number of carboxylic acid groups (broad SMARTS) is 1. The monoisotopic (exact) mass is 254 g/mol. The van der Waals surface area contributed by atoms with Crippen LogP contribution in [0.1, 0.15) is 34.7 Å². The number of carboxylic acids is 1. The molecule has 0 aromatic carbocycles. The van der Waals surface area contributed by atoms with E-state index < -0.39 is 24.0 Å². The number of Topliss-reactive ketones (excluding diaryl/α,β-unsaturated/α-hetero) is 1. The molecule has 98 valence electrons. The van der Waals surface area contributed by atoms with E-state index >= 15 is 0 Å². The van der Waals surface area contributed by atoms with Gasteiger partial charge in [0.25, 0.3) is 5.91 Å². The van der Waals surface area contributed by atoms with Gasteiger partial charge in [-0.2, -0.15) is 0 Å². The van der Waals surface area contributed by atoms with Gasteiger partial charge in [0.2, 0.25) is 0 Å². The molecule has 0 bridgehead atoms. The number of amides is 1. The van der Waals surface area contributed by atoms with Gasteiger partial charge < -0.3 is 20.5 Å². The number of aliphatic carboxylic acids is 1. The number of aliphatic hydroxyl groups excluding tert-OH is 1. The standard InChI is InChI=1S/C11H14N2O5/c1-5(14)7-3-8(12-4-7)10(16)13-9(6(2)15)11(17)18/h3-4,6,9,12,15H,1-2H3,(H,13,16)(H,17,18)/t6-,9+/m1/s1. The number of ketones is 1. The van der Waals surface area contributed by atoms with Gasteiger partial charge in [0.1, 0.15) is 5.69 Å². The molecule has 0 aliphatic rings. The molecule has 0 saturated heterocycles. The third-order valence-electron chi connectivity index (χ3n) is 2.37. The van der Waals surface area contributed by atoms with Crippen molar-refractivity contribution in [3.05, 3.63) is 23.5 Å². The van der Waals surface area contributed by atoms with Crippen molar-refractivity contribution in [3.8, 4) is 0 Å². The van der Waals surface area contributed by atoms with Gasteiger partial charge in [-0.25, -0.2) is 4.79 Å². The van der Waals surface area contributed by atoms with Crippen LogP contribution >= 0.6 is 0 Å². The van der Waals surface area contributed by atoms with Crippen LogP contribution in [0.15, 0.2) is 12.3 Å². The van der Waals surface area contributed by atoms with Gasteiger partial charge in [0.05, 0.1) is 6.10 Å². The third kappa shape index (κ3) is 3.17. The molecule has 7 nitrogen and oxygen atoms in total. The Labute approximate surface area is 103 Å². The third-order valence-corrected chi connectivity index (χ3v) is 2.37. The van der Waals surface area contributed by atoms with Gasteiger partial charge in [-0.05, 0) is 19.9 Å². The summed E-state index contributed by atoms with van der Waals surface area (Å²) in [5.41, 5.74) is 0.385. The minimum atomic E-state index is -1.40. The molecule has 4 N–H and O–H groups in total. The minimum Gasteiger partial charge on any atom is -0.480 e. The Bertz CT molecular complexity index is 478. The summed E-state index contributed by atoms with van der Waals surface area (Å²) in [6.07, 6.45) is 0.128. The van der Waals surface area contributed by atoms with Crippen molar-refractivity contribution < 1.29 is 24.6 Å². The van der Waals surface area contributed by atoms with Gasteiger partial charge in [-0.15, -0.1) is 0 Å². The van der Waals surface area contributed by atoms with E-state index in [2.05, 4.69) is 10.3 Å². The molecule has 0 saturated carbocycles. The van der Waals surface area contributed by atoms with Gasteiger partial charge in [-0.3, -0.25) is 9.59 Å². The van der Waals surface area contributed by atoms with Gasteiger partial charge in [-0.1, -0.05) is 0 Å². The van der Waals surface area contributed by atoms with Crippen LogP contribution in [0.5, 0.6) is 0 Å². The number of carbonyl (C=O) groups is 3. The summed E-state index contributed by atoms with van der Waals surface area (Å²) in [7, 11) is 0. The first-order valence-corrected chi connectivity index (χ1v) is 5.24. The molecule has 0 fully saturated rings. The largest absolute Gasteiger partial charge is 0.480 e. The molecule has 7 heteroatoms. The molecule has 1 amide bonds. The summed E-state index contributed by atoms with van der Waals surface area (Å²) < 4.78 is 0. The van der Waals surface area contributed by atoms with E-state index in [1.54, 1.807) is 0 Å². The minimum absolute atomic E-state index is 0.0621. The van der Waals surface area contributed by atoms with Crippen molar-refractivity contribution in [1.29, 1.82) is 0 Å². The maximum Gasteiger partial charge on any atom is 0.328 e. The van der Waals surface area contributed by atoms with E-state index in [1.165, 1.54) is 26.1 Å². The average Bonchev–Trinajstić information content (AvgIpc) is 2.73. The molecule has 0 spiro atoms. The molecule has 1 rings (SSSR count). The number of hydrogen-bond acceptors (Lipinski definition) is 4. The van der Waals surface area contributed by atoms with Crippen LogP contribution in [0.4, 0.5) is 0 Å². The molecular formula is C11H14N2O5. The van der Waals surface area contributed by atoms with Crippen LogP contribution in [0.25, 0.3) is 0 Å². The second-order valence-electron chi connectivity index (χ2n) is 3.89. The summed E-state index contributed by atoms with van der Waals surface area (Å²) in [6, 6.07) is -0.0832. The highest BCUT2D eigenvalue weighted by molar-refractivity contribution is 6.00. The average molecular weight is 254 g/mol. The molecule has 0 aliphatic heterocycles. The van der Waals surface area contributed by atoms with Crippen molar-refractivity contribution in [1.82, 2.24) is 10.3 Å². The van der Waals surface area contributed by atoms with E-state index in [0.717, 1.165) is 0 Å². The summed E-state index contributed by atoms with van der Waals surface area (Å²) >= 11 is 0. The zero-order chi connectivity index (χ0) is 13.9. The normalized spacial score (nSPS) is 13.7. The Hall–Kier alpha value is -2.15. The van der Waals surface area contributed by atoms with Crippen molar-refractivity contribution in [2.45, 2.75) is 26.0 Å². The van der Waals surface area contributed by atoms with Gasteiger partial charge >= 0.3 is 5.97 Å². The molecule has 0 radical (unpaired) electrons. The maximum atomic E-state index is 11.7. The topological polar surface area (TPSA) is 119 Å². The number of H-pyrrole nitrogens is 1. The van der Waals surface area contributed by atoms with Crippen LogP contribution in [0.2, 0.25) is 0 Å². The summed E-state index contributed by atoms with van der Waals surface area (Å²) in [6.45, 7) is 2.61. The number of aliphatic hydroxyl groups is 1. The van der Waals surface area contributed by atoms with E-state index in [9.17, 15) is 19.5 Å². The lowest BCUT2D eigenvalue weighted by atomic mass is 10.1. The summed E-state index contributed by atoms with van der Waals surface area (Å²) in [4.78, 5) is 36.1. The Kier molecular flexibility index (Phi) is 4.22. The molecule has 1 aromatic rings. The molecule has 18 heavy (non-hydrogen) atoms. The fourth-order valence-corrected chi connectivity index (χ4v) is 1.34. The van der Waals surface area contributed by atoms with Gasteiger partial charge in [0.15, 0.2) is 11.8 Å². The molecule has 1 aromatic heterocycles. The van der Waals surface area contributed by atoms with Crippen molar-refractivity contribution in [2.75, 3.05) is 0 Å². The SMILES string of the molecule is CC(=O)c1c[nH]c(C(=O)N[C@H](C(=O)O)[C@@H](C)O)c1. The predicted molar refractivity (Wildman–Crippen MR) is 61.4 cm³/mol. The second kappa shape index (κ2) is 5.46. The smallest absolute Gasteiger partial charge is 0.328 e. The Morgan fingerprint density at radius 2 is 2.00 bits per heavy atom. The van der Waals surface area contributed by atoms with Crippen LogP contribution in [-0.2, 0) is 4.79 Å². The Morgan fingerprint density at radius 1 is 1.39 bits per heavy atom. The Morgan fingerprint density at radius 3 is 2.39 bits per heavy atom. The number of nitrogens with one attached hydrogen (secondary N) is 2. The van der Waals surface area contributed by atoms with E-state index in [0.29, 0.717) is 5.56 Å². The quantitative estimate of drug-likeness (QED) is 0.541. The highest BCUT2D eigenvalue weighted by Crippen LogP contribution is 2.05. The molecule has 2 atom stereocenters. The van der Waals surface area contributed by atoms with Crippen molar-refractivity contribution in [3.63, 3.8) is 0 Å². The van der Waals surface area contributed by atoms with Crippen molar-refractivity contribution in [2.24, 2.45) is 0 Å². The molecule has 0 aliphatic carbocycles. The lowest BCUT2D eigenvalue weighted by Crippen LogP contribution is -2.47. The van der Waals surface area contributed by atoms with Crippen LogP contribution in [0, 0.1) is 0 Å². The van der Waals surface area contributed by atoms with E-state index in [-0.39, 0.29) is 11.5 Å². The number of hydrogen-bond donors (Lipinski definition) is 4. The first kappa shape index (κ1) is 13.9. The number of aromatic nitrogens is 1. The highest BCUT2D eigenvalue weighted by Gasteiger charge is 2.26. The zero-order valence-corrected chi connectivity index (χ0v) is 9.93. The fraction of sp³-hybridized carbons (Fsp3) is 0.364. The van der Waals surface area contributed by atoms with E-state index in [1.807, 2.05) is 0 Å². The Balaban J connectivity index is 2.80. The van der Waals surface area contributed by atoms with Crippen LogP contribution < -0.4 is 5.32 Å². The highest BCUT2D eigenvalue weighted by atomic mass is 16.4. The number of carbonyl (C=O) groups excluding carboxylic acids is 2. The summed E-state index contributed by atoms with van der Waals surface area (Å²) in [5.74, 6) is -2.25. The van der Waals surface area contributed by atoms with Crippen LogP contribution in [-0.4, -0.2) is 45.0 Å². The lowest BCUT2D eigenvalue weighted by Gasteiger charge is -2.16. The molecule has 0 unspecified atom stereocenters. The lowest BCUT2D eigenvalue weighted by molar-refractivity contribution is -0.141. The van der Waals surface area contributed by atoms with E-state index in [4.69, 9.17) is 5.11 Å². The first-order chi connectivity index (χ1) is 8.32. The predicted octanol–water partition coefficient (Wildman–Crippen LogP) is -0.219. The maximum absolute atomic E-state index is 11.7. The first-order valence-electron chi connectivity index (χ1n) is 5.24. The van der Waals surface area contributed by atoms with Crippen LogP contribution in [0.3, 0.4) is 0 Å². The number of rotatable bonds is 5. The van der Waals surface area contributed by atoms with Gasteiger partial charge in [0, 0.05) is 11.8 Å². The fourth-order valence-electron chi connectivity index (χ4n) is 1.34. The summed E-state index contributed by atoms with van der Waals surface area (Å²) in [5, 5.41) is 20.2. The van der Waals surface area contributed by atoms with Crippen molar-refractivity contribution >= 4 is 17.7 Å². The second-order valence-corrected chi connectivity index (χ2v) is 3.89. The molecule has 1 heterocycles.